The third kappa shape index (κ3) is 2.47. The standard InChI is InChI=1S/C8H10FNO2/c1-2-11-6-12-8-5-10-4-3-7(8)9/h3-5H,2,6H2,1H3. The highest BCUT2D eigenvalue weighted by Gasteiger charge is 2.00. The van der Waals surface area contributed by atoms with Crippen LogP contribution in [0.15, 0.2) is 18.5 Å². The van der Waals surface area contributed by atoms with Crippen LogP contribution in [0.5, 0.6) is 5.75 Å². The van der Waals surface area contributed by atoms with Crippen LogP contribution >= 0.6 is 0 Å². The molecule has 12 heavy (non-hydrogen) atoms. The molecule has 0 aliphatic rings. The second-order valence-electron chi connectivity index (χ2n) is 2.06. The minimum absolute atomic E-state index is 0.0547. The van der Waals surface area contributed by atoms with Crippen molar-refractivity contribution in [2.75, 3.05) is 13.4 Å². The zero-order chi connectivity index (χ0) is 8.81. The maximum atomic E-state index is 12.8. The molecule has 0 amide bonds. The summed E-state index contributed by atoms with van der Waals surface area (Å²) in [6, 6.07) is 1.24. The molecule has 0 saturated carbocycles. The molecule has 0 atom stereocenters. The van der Waals surface area contributed by atoms with E-state index in [4.69, 9.17) is 9.47 Å². The van der Waals surface area contributed by atoms with Crippen LogP contribution in [0.2, 0.25) is 0 Å². The molecule has 4 heteroatoms. The van der Waals surface area contributed by atoms with Crippen molar-refractivity contribution < 1.29 is 13.9 Å². The van der Waals surface area contributed by atoms with Gasteiger partial charge in [-0.15, -0.1) is 0 Å². The van der Waals surface area contributed by atoms with Crippen molar-refractivity contribution in [1.29, 1.82) is 0 Å². The van der Waals surface area contributed by atoms with Crippen molar-refractivity contribution in [3.05, 3.63) is 24.3 Å². The number of pyridine rings is 1. The van der Waals surface area contributed by atoms with Gasteiger partial charge in [0.2, 0.25) is 0 Å². The van der Waals surface area contributed by atoms with Gasteiger partial charge in [0.1, 0.15) is 0 Å². The smallest absolute Gasteiger partial charge is 0.189 e. The number of nitrogens with zero attached hydrogens (tertiary/aromatic N) is 1. The number of aromatic nitrogens is 1. The zero-order valence-corrected chi connectivity index (χ0v) is 6.79. The van der Waals surface area contributed by atoms with E-state index in [-0.39, 0.29) is 12.5 Å². The maximum Gasteiger partial charge on any atom is 0.189 e. The third-order valence-corrected chi connectivity index (χ3v) is 1.24. The molecule has 0 spiro atoms. The molecular weight excluding hydrogens is 161 g/mol. The SMILES string of the molecule is CCOCOc1cnccc1F. The predicted molar refractivity (Wildman–Crippen MR) is 41.3 cm³/mol. The van der Waals surface area contributed by atoms with Gasteiger partial charge in [-0.3, -0.25) is 4.98 Å². The Kier molecular flexibility index (Phi) is 3.47. The van der Waals surface area contributed by atoms with Crippen molar-refractivity contribution in [3.63, 3.8) is 0 Å². The van der Waals surface area contributed by atoms with E-state index in [9.17, 15) is 4.39 Å². The van der Waals surface area contributed by atoms with E-state index in [1.54, 1.807) is 0 Å². The number of rotatable bonds is 4. The summed E-state index contributed by atoms with van der Waals surface area (Å²) in [4.78, 5) is 3.70. The second kappa shape index (κ2) is 4.66. The molecule has 0 aliphatic carbocycles. The summed E-state index contributed by atoms with van der Waals surface area (Å²) in [5, 5.41) is 0. The first-order valence-electron chi connectivity index (χ1n) is 3.64. The van der Waals surface area contributed by atoms with Crippen molar-refractivity contribution in [3.8, 4) is 5.75 Å². The molecule has 66 valence electrons. The fourth-order valence-electron chi connectivity index (χ4n) is 0.658. The van der Waals surface area contributed by atoms with Crippen molar-refractivity contribution in [2.45, 2.75) is 6.92 Å². The van der Waals surface area contributed by atoms with Gasteiger partial charge in [0.25, 0.3) is 0 Å². The minimum atomic E-state index is -0.426. The van der Waals surface area contributed by atoms with Crippen molar-refractivity contribution in [1.82, 2.24) is 4.98 Å². The molecule has 1 aromatic rings. The van der Waals surface area contributed by atoms with E-state index in [0.717, 1.165) is 0 Å². The van der Waals surface area contributed by atoms with Gasteiger partial charge >= 0.3 is 0 Å². The van der Waals surface area contributed by atoms with Gasteiger partial charge in [-0.1, -0.05) is 0 Å². The molecule has 0 unspecified atom stereocenters. The third-order valence-electron chi connectivity index (χ3n) is 1.24. The number of hydrogen-bond acceptors (Lipinski definition) is 3. The average Bonchev–Trinajstić information content (AvgIpc) is 2.09. The molecule has 1 rings (SSSR count). The van der Waals surface area contributed by atoms with E-state index in [2.05, 4.69) is 4.98 Å². The molecule has 0 aromatic carbocycles. The second-order valence-corrected chi connectivity index (χ2v) is 2.06. The van der Waals surface area contributed by atoms with Gasteiger partial charge < -0.3 is 9.47 Å². The molecule has 0 bridgehead atoms. The van der Waals surface area contributed by atoms with E-state index in [0.29, 0.717) is 6.61 Å². The lowest BCUT2D eigenvalue weighted by Gasteiger charge is -2.04. The number of halogens is 1. The predicted octanol–water partition coefficient (Wildman–Crippen LogP) is 1.59. The fraction of sp³-hybridized carbons (Fsp3) is 0.375. The van der Waals surface area contributed by atoms with E-state index < -0.39 is 5.82 Å². The quantitative estimate of drug-likeness (QED) is 0.509. The molecule has 0 fully saturated rings. The summed E-state index contributed by atoms with van der Waals surface area (Å²) in [5.74, 6) is -0.310. The Morgan fingerprint density at radius 3 is 3.08 bits per heavy atom. The van der Waals surface area contributed by atoms with Crippen LogP contribution in [0, 0.1) is 5.82 Å². The van der Waals surface area contributed by atoms with E-state index >= 15 is 0 Å². The van der Waals surface area contributed by atoms with Gasteiger partial charge in [-0.25, -0.2) is 4.39 Å². The highest BCUT2D eigenvalue weighted by Crippen LogP contribution is 2.13. The Bertz CT molecular complexity index is 242. The van der Waals surface area contributed by atoms with Crippen LogP contribution in [0.3, 0.4) is 0 Å². The summed E-state index contributed by atoms with van der Waals surface area (Å²) in [6.07, 6.45) is 2.68. The van der Waals surface area contributed by atoms with Gasteiger partial charge in [-0.2, -0.15) is 0 Å². The first-order chi connectivity index (χ1) is 5.84. The van der Waals surface area contributed by atoms with Crippen LogP contribution in [-0.4, -0.2) is 18.4 Å². The highest BCUT2D eigenvalue weighted by molar-refractivity contribution is 5.18. The lowest BCUT2D eigenvalue weighted by molar-refractivity contribution is 0.0199. The average molecular weight is 171 g/mol. The summed E-state index contributed by atoms with van der Waals surface area (Å²) >= 11 is 0. The van der Waals surface area contributed by atoms with Crippen LogP contribution in [-0.2, 0) is 4.74 Å². The molecule has 0 radical (unpaired) electrons. The Balaban J connectivity index is 2.46. The maximum absolute atomic E-state index is 12.8. The largest absolute Gasteiger partial charge is 0.463 e. The highest BCUT2D eigenvalue weighted by atomic mass is 19.1. The first-order valence-corrected chi connectivity index (χ1v) is 3.64. The normalized spacial score (nSPS) is 9.83. The van der Waals surface area contributed by atoms with Crippen LogP contribution in [0.4, 0.5) is 4.39 Å². The molecular formula is C8H10FNO2. The lowest BCUT2D eigenvalue weighted by atomic mass is 10.4. The van der Waals surface area contributed by atoms with Crippen LogP contribution in [0.25, 0.3) is 0 Å². The Hall–Kier alpha value is -1.16. The van der Waals surface area contributed by atoms with Crippen molar-refractivity contribution in [2.24, 2.45) is 0 Å². The molecule has 0 saturated heterocycles. The first kappa shape index (κ1) is 8.93. The van der Waals surface area contributed by atoms with Gasteiger partial charge in [0, 0.05) is 12.8 Å². The molecule has 0 N–H and O–H groups in total. The molecule has 1 heterocycles. The molecule has 0 aliphatic heterocycles. The molecule has 3 nitrogen and oxygen atoms in total. The number of ether oxygens (including phenoxy) is 2. The van der Waals surface area contributed by atoms with Gasteiger partial charge in [0.05, 0.1) is 6.20 Å². The fourth-order valence-corrected chi connectivity index (χ4v) is 0.658. The minimum Gasteiger partial charge on any atom is -0.463 e. The van der Waals surface area contributed by atoms with Gasteiger partial charge in [-0.05, 0) is 13.0 Å². The summed E-state index contributed by atoms with van der Waals surface area (Å²) < 4.78 is 22.6. The lowest BCUT2D eigenvalue weighted by Crippen LogP contribution is -2.03. The monoisotopic (exact) mass is 171 g/mol. The van der Waals surface area contributed by atoms with E-state index in [1.807, 2.05) is 6.92 Å². The Labute approximate surface area is 70.1 Å². The van der Waals surface area contributed by atoms with Crippen LogP contribution in [0.1, 0.15) is 6.92 Å². The topological polar surface area (TPSA) is 31.4 Å². The molecule has 1 aromatic heterocycles. The van der Waals surface area contributed by atoms with Gasteiger partial charge in [0.15, 0.2) is 18.4 Å². The summed E-state index contributed by atoms with van der Waals surface area (Å²) in [5.41, 5.74) is 0. The number of hydrogen-bond donors (Lipinski definition) is 0. The Morgan fingerprint density at radius 1 is 1.58 bits per heavy atom. The zero-order valence-electron chi connectivity index (χ0n) is 6.79. The Morgan fingerprint density at radius 2 is 2.42 bits per heavy atom. The van der Waals surface area contributed by atoms with Crippen molar-refractivity contribution >= 4 is 0 Å². The van der Waals surface area contributed by atoms with Crippen LogP contribution < -0.4 is 4.74 Å². The summed E-state index contributed by atoms with van der Waals surface area (Å²) in [7, 11) is 0. The summed E-state index contributed by atoms with van der Waals surface area (Å²) in [6.45, 7) is 2.43. The van der Waals surface area contributed by atoms with E-state index in [1.165, 1.54) is 18.5 Å².